The molecule has 1 amide bonds. The van der Waals surface area contributed by atoms with Crippen LogP contribution in [0.2, 0.25) is 0 Å². The molecule has 0 heterocycles. The number of amides is 1. The zero-order valence-corrected chi connectivity index (χ0v) is 12.9. The summed E-state index contributed by atoms with van der Waals surface area (Å²) in [5, 5.41) is 2.67. The van der Waals surface area contributed by atoms with Crippen LogP contribution in [-0.4, -0.2) is 12.0 Å². The van der Waals surface area contributed by atoms with Gasteiger partial charge in [-0.05, 0) is 49.4 Å². The van der Waals surface area contributed by atoms with E-state index in [1.54, 1.807) is 37.3 Å². The van der Waals surface area contributed by atoms with Gasteiger partial charge >= 0.3 is 0 Å². The molecule has 0 radical (unpaired) electrons. The molecule has 2 aromatic rings. The Morgan fingerprint density at radius 3 is 2.57 bits per heavy atom. The standard InChI is InChI=1S/C15H14BrFN2O2/c1-9(21-14-7-2-10(16)8-13(14)17)15(20)19-12-5-3-11(18)4-6-12/h2-9H,18H2,1H3,(H,19,20). The first-order valence-electron chi connectivity index (χ1n) is 6.24. The largest absolute Gasteiger partial charge is 0.478 e. The van der Waals surface area contributed by atoms with Crippen LogP contribution < -0.4 is 15.8 Å². The maximum absolute atomic E-state index is 13.6. The molecule has 1 atom stereocenters. The fourth-order valence-corrected chi connectivity index (χ4v) is 1.96. The van der Waals surface area contributed by atoms with Crippen molar-refractivity contribution in [3.05, 3.63) is 52.8 Å². The van der Waals surface area contributed by atoms with Gasteiger partial charge in [0.2, 0.25) is 0 Å². The second-order valence-electron chi connectivity index (χ2n) is 4.45. The average molecular weight is 353 g/mol. The summed E-state index contributed by atoms with van der Waals surface area (Å²) in [7, 11) is 0. The van der Waals surface area contributed by atoms with Crippen LogP contribution in [0.3, 0.4) is 0 Å². The van der Waals surface area contributed by atoms with E-state index in [1.807, 2.05) is 0 Å². The number of nitrogen functional groups attached to an aromatic ring is 1. The number of ether oxygens (including phenoxy) is 1. The van der Waals surface area contributed by atoms with E-state index in [2.05, 4.69) is 21.2 Å². The van der Waals surface area contributed by atoms with E-state index in [4.69, 9.17) is 10.5 Å². The van der Waals surface area contributed by atoms with E-state index in [0.29, 0.717) is 15.8 Å². The van der Waals surface area contributed by atoms with Crippen molar-refractivity contribution in [3.63, 3.8) is 0 Å². The number of carbonyl (C=O) groups is 1. The molecule has 2 aromatic carbocycles. The Bertz CT molecular complexity index is 647. The van der Waals surface area contributed by atoms with Crippen molar-refractivity contribution < 1.29 is 13.9 Å². The number of rotatable bonds is 4. The Morgan fingerprint density at radius 1 is 1.29 bits per heavy atom. The van der Waals surface area contributed by atoms with Gasteiger partial charge in [-0.2, -0.15) is 0 Å². The van der Waals surface area contributed by atoms with Crippen LogP contribution in [0, 0.1) is 5.82 Å². The summed E-state index contributed by atoms with van der Waals surface area (Å²) in [5.41, 5.74) is 6.77. The summed E-state index contributed by atoms with van der Waals surface area (Å²) in [5.74, 6) is -0.878. The Kier molecular flexibility index (Phi) is 4.80. The highest BCUT2D eigenvalue weighted by Gasteiger charge is 2.16. The van der Waals surface area contributed by atoms with Crippen molar-refractivity contribution in [2.24, 2.45) is 0 Å². The lowest BCUT2D eigenvalue weighted by atomic mass is 10.2. The van der Waals surface area contributed by atoms with Gasteiger partial charge in [0.1, 0.15) is 0 Å². The molecule has 110 valence electrons. The van der Waals surface area contributed by atoms with Gasteiger partial charge in [-0.1, -0.05) is 15.9 Å². The minimum Gasteiger partial charge on any atom is -0.478 e. The summed E-state index contributed by atoms with van der Waals surface area (Å²) in [6.45, 7) is 1.55. The molecule has 0 saturated heterocycles. The molecule has 4 nitrogen and oxygen atoms in total. The van der Waals surface area contributed by atoms with Gasteiger partial charge in [-0.15, -0.1) is 0 Å². The molecule has 0 aliphatic rings. The van der Waals surface area contributed by atoms with E-state index in [0.717, 1.165) is 0 Å². The number of halogens is 2. The van der Waals surface area contributed by atoms with Crippen molar-refractivity contribution in [1.29, 1.82) is 0 Å². The van der Waals surface area contributed by atoms with E-state index in [1.165, 1.54) is 12.1 Å². The van der Waals surface area contributed by atoms with Gasteiger partial charge in [0.05, 0.1) is 0 Å². The third-order valence-corrected chi connectivity index (χ3v) is 3.24. The lowest BCUT2D eigenvalue weighted by Gasteiger charge is -2.15. The third-order valence-electron chi connectivity index (χ3n) is 2.75. The highest BCUT2D eigenvalue weighted by Crippen LogP contribution is 2.22. The molecule has 21 heavy (non-hydrogen) atoms. The summed E-state index contributed by atoms with van der Waals surface area (Å²) in [4.78, 5) is 12.0. The normalized spacial score (nSPS) is 11.8. The fourth-order valence-electron chi connectivity index (χ4n) is 1.63. The molecular formula is C15H14BrFN2O2. The van der Waals surface area contributed by atoms with E-state index in [9.17, 15) is 9.18 Å². The summed E-state index contributed by atoms with van der Waals surface area (Å²) >= 11 is 3.16. The van der Waals surface area contributed by atoms with Gasteiger partial charge in [-0.25, -0.2) is 4.39 Å². The fraction of sp³-hybridized carbons (Fsp3) is 0.133. The predicted octanol–water partition coefficient (Wildman–Crippen LogP) is 3.58. The van der Waals surface area contributed by atoms with E-state index in [-0.39, 0.29) is 11.7 Å². The Hall–Kier alpha value is -2.08. The smallest absolute Gasteiger partial charge is 0.265 e. The Balaban J connectivity index is 2.00. The van der Waals surface area contributed by atoms with Gasteiger partial charge in [0.25, 0.3) is 5.91 Å². The monoisotopic (exact) mass is 352 g/mol. The maximum Gasteiger partial charge on any atom is 0.265 e. The number of hydrogen-bond acceptors (Lipinski definition) is 3. The topological polar surface area (TPSA) is 64.3 Å². The summed E-state index contributed by atoms with van der Waals surface area (Å²) < 4.78 is 19.6. The quantitative estimate of drug-likeness (QED) is 0.826. The summed E-state index contributed by atoms with van der Waals surface area (Å²) in [6.07, 6.45) is -0.835. The van der Waals surface area contributed by atoms with Crippen LogP contribution in [0.5, 0.6) is 5.75 Å². The molecule has 0 fully saturated rings. The highest BCUT2D eigenvalue weighted by atomic mass is 79.9. The maximum atomic E-state index is 13.6. The van der Waals surface area contributed by atoms with Gasteiger partial charge in [0, 0.05) is 15.8 Å². The Morgan fingerprint density at radius 2 is 1.95 bits per heavy atom. The number of carbonyl (C=O) groups excluding carboxylic acids is 1. The molecule has 2 rings (SSSR count). The van der Waals surface area contributed by atoms with Gasteiger partial charge in [-0.3, -0.25) is 4.79 Å². The van der Waals surface area contributed by atoms with E-state index < -0.39 is 11.9 Å². The molecule has 0 aromatic heterocycles. The second kappa shape index (κ2) is 6.58. The molecule has 0 bridgehead atoms. The number of nitrogens with two attached hydrogens (primary N) is 1. The zero-order chi connectivity index (χ0) is 15.4. The van der Waals surface area contributed by atoms with Crippen molar-refractivity contribution in [1.82, 2.24) is 0 Å². The van der Waals surface area contributed by atoms with Crippen LogP contribution in [0.25, 0.3) is 0 Å². The van der Waals surface area contributed by atoms with E-state index >= 15 is 0 Å². The molecule has 0 aliphatic heterocycles. The van der Waals surface area contributed by atoms with Crippen LogP contribution in [0.4, 0.5) is 15.8 Å². The molecule has 0 saturated carbocycles. The highest BCUT2D eigenvalue weighted by molar-refractivity contribution is 9.10. The number of nitrogens with one attached hydrogen (secondary N) is 1. The lowest BCUT2D eigenvalue weighted by Crippen LogP contribution is -2.30. The molecular weight excluding hydrogens is 339 g/mol. The number of anilines is 2. The first kappa shape index (κ1) is 15.3. The first-order valence-corrected chi connectivity index (χ1v) is 7.03. The van der Waals surface area contributed by atoms with Crippen molar-refractivity contribution in [3.8, 4) is 5.75 Å². The van der Waals surface area contributed by atoms with Crippen molar-refractivity contribution in [2.75, 3.05) is 11.1 Å². The van der Waals surface area contributed by atoms with Crippen molar-refractivity contribution >= 4 is 33.2 Å². The SMILES string of the molecule is CC(Oc1ccc(Br)cc1F)C(=O)Nc1ccc(N)cc1. The third kappa shape index (κ3) is 4.19. The summed E-state index contributed by atoms with van der Waals surface area (Å²) in [6, 6.07) is 11.1. The van der Waals surface area contributed by atoms with Gasteiger partial charge in [0.15, 0.2) is 17.7 Å². The molecule has 1 unspecified atom stereocenters. The molecule has 3 N–H and O–H groups in total. The van der Waals surface area contributed by atoms with Crippen LogP contribution in [0.15, 0.2) is 46.9 Å². The zero-order valence-electron chi connectivity index (χ0n) is 11.3. The minimum absolute atomic E-state index is 0.0261. The molecule has 0 spiro atoms. The minimum atomic E-state index is -0.835. The average Bonchev–Trinajstić information content (AvgIpc) is 2.44. The van der Waals surface area contributed by atoms with Crippen LogP contribution >= 0.6 is 15.9 Å². The van der Waals surface area contributed by atoms with Crippen molar-refractivity contribution in [2.45, 2.75) is 13.0 Å². The number of hydrogen-bond donors (Lipinski definition) is 2. The van der Waals surface area contributed by atoms with Crippen LogP contribution in [0.1, 0.15) is 6.92 Å². The lowest BCUT2D eigenvalue weighted by molar-refractivity contribution is -0.122. The molecule has 6 heteroatoms. The first-order chi connectivity index (χ1) is 9.95. The Labute approximate surface area is 130 Å². The van der Waals surface area contributed by atoms with Crippen LogP contribution in [-0.2, 0) is 4.79 Å². The number of benzene rings is 2. The second-order valence-corrected chi connectivity index (χ2v) is 5.36. The van der Waals surface area contributed by atoms with Gasteiger partial charge < -0.3 is 15.8 Å². The predicted molar refractivity (Wildman–Crippen MR) is 83.7 cm³/mol. The molecule has 0 aliphatic carbocycles.